The van der Waals surface area contributed by atoms with E-state index in [1.807, 2.05) is 75.5 Å². The van der Waals surface area contributed by atoms with Gasteiger partial charge in [-0.1, -0.05) is 41.9 Å². The zero-order valence-corrected chi connectivity index (χ0v) is 21.2. The number of ether oxygens (including phenoxy) is 1. The number of carboxylic acids is 1. The summed E-state index contributed by atoms with van der Waals surface area (Å²) in [5.74, 6) is -0.876. The number of amides is 1. The van der Waals surface area contributed by atoms with E-state index in [0.29, 0.717) is 24.4 Å². The van der Waals surface area contributed by atoms with Crippen molar-refractivity contribution in [2.24, 2.45) is 0 Å². The highest BCUT2D eigenvalue weighted by atomic mass is 35.5. The molecule has 7 nitrogen and oxygen atoms in total. The van der Waals surface area contributed by atoms with Crippen molar-refractivity contribution in [1.29, 1.82) is 0 Å². The number of carbonyl (C=O) groups is 2. The van der Waals surface area contributed by atoms with E-state index >= 15 is 0 Å². The van der Waals surface area contributed by atoms with Crippen LogP contribution in [0.2, 0.25) is 5.02 Å². The predicted octanol–water partition coefficient (Wildman–Crippen LogP) is 5.32. The average molecular weight is 500 g/mol. The monoisotopic (exact) mass is 499 g/mol. The van der Waals surface area contributed by atoms with Gasteiger partial charge in [0.2, 0.25) is 0 Å². The van der Waals surface area contributed by atoms with Gasteiger partial charge in [0.05, 0.1) is 6.42 Å². The van der Waals surface area contributed by atoms with Crippen molar-refractivity contribution in [2.75, 3.05) is 6.54 Å². The van der Waals surface area contributed by atoms with E-state index in [4.69, 9.17) is 16.3 Å². The maximum atomic E-state index is 12.3. The molecular formula is C27H34ClN3O4. The third-order valence-corrected chi connectivity index (χ3v) is 5.87. The van der Waals surface area contributed by atoms with Gasteiger partial charge in [0.25, 0.3) is 0 Å². The zero-order chi connectivity index (χ0) is 25.4. The molecule has 0 saturated carbocycles. The lowest BCUT2D eigenvalue weighted by Crippen LogP contribution is -2.48. The third kappa shape index (κ3) is 8.92. The molecule has 3 rings (SSSR count). The molecule has 0 fully saturated rings. The number of nitrogens with one attached hydrogen (secondary N) is 3. The molecule has 0 bridgehead atoms. The summed E-state index contributed by atoms with van der Waals surface area (Å²) in [4.78, 5) is 27.2. The van der Waals surface area contributed by atoms with Crippen LogP contribution in [0.4, 0.5) is 4.79 Å². The van der Waals surface area contributed by atoms with Gasteiger partial charge < -0.3 is 25.5 Å². The highest BCUT2D eigenvalue weighted by Gasteiger charge is 2.22. The van der Waals surface area contributed by atoms with Crippen molar-refractivity contribution in [3.63, 3.8) is 0 Å². The number of aromatic nitrogens is 1. The van der Waals surface area contributed by atoms with Crippen molar-refractivity contribution in [3.8, 4) is 0 Å². The quantitative estimate of drug-likeness (QED) is 0.286. The molecule has 3 aromatic rings. The first-order valence-electron chi connectivity index (χ1n) is 11.8. The Balaban J connectivity index is 1.72. The molecule has 2 aromatic carbocycles. The molecule has 4 N–H and O–H groups in total. The topological polar surface area (TPSA) is 103 Å². The number of aryl methyl sites for hydroxylation is 1. The number of alkyl carbamates (subject to hydrolysis) is 1. The number of halogens is 1. The molecule has 1 amide bonds. The minimum absolute atomic E-state index is 0.0383. The van der Waals surface area contributed by atoms with Gasteiger partial charge in [-0.3, -0.25) is 4.79 Å². The van der Waals surface area contributed by atoms with Gasteiger partial charge in [-0.05, 0) is 69.4 Å². The highest BCUT2D eigenvalue weighted by molar-refractivity contribution is 6.30. The Bertz CT molecular complexity index is 1120. The number of carbonyl (C=O) groups excluding carboxylic acids is 1. The number of aromatic amines is 1. The van der Waals surface area contributed by atoms with Crippen LogP contribution < -0.4 is 10.6 Å². The van der Waals surface area contributed by atoms with E-state index in [2.05, 4.69) is 15.6 Å². The first-order chi connectivity index (χ1) is 16.6. The minimum atomic E-state index is -0.876. The Morgan fingerprint density at radius 3 is 2.49 bits per heavy atom. The Morgan fingerprint density at radius 2 is 1.80 bits per heavy atom. The first kappa shape index (κ1) is 26.6. The number of fused-ring (bicyclic) bond motifs is 1. The van der Waals surface area contributed by atoms with Gasteiger partial charge in [0.15, 0.2) is 0 Å². The van der Waals surface area contributed by atoms with Gasteiger partial charge in [0.1, 0.15) is 5.60 Å². The number of benzene rings is 2. The second kappa shape index (κ2) is 12.1. The summed E-state index contributed by atoms with van der Waals surface area (Å²) in [5, 5.41) is 17.7. The van der Waals surface area contributed by atoms with E-state index < -0.39 is 17.7 Å². The lowest BCUT2D eigenvalue weighted by atomic mass is 9.99. The molecule has 0 spiro atoms. The van der Waals surface area contributed by atoms with Crippen LogP contribution in [0.3, 0.4) is 0 Å². The van der Waals surface area contributed by atoms with E-state index in [0.717, 1.165) is 28.5 Å². The number of hydrogen-bond donors (Lipinski definition) is 4. The predicted molar refractivity (Wildman–Crippen MR) is 139 cm³/mol. The zero-order valence-electron chi connectivity index (χ0n) is 20.4. The Morgan fingerprint density at radius 1 is 1.09 bits per heavy atom. The number of hydrogen-bond acceptors (Lipinski definition) is 4. The highest BCUT2D eigenvalue weighted by Crippen LogP contribution is 2.20. The van der Waals surface area contributed by atoms with Gasteiger partial charge in [0, 0.05) is 40.8 Å². The molecular weight excluding hydrogens is 466 g/mol. The van der Waals surface area contributed by atoms with Crippen LogP contribution >= 0.6 is 11.6 Å². The summed E-state index contributed by atoms with van der Waals surface area (Å²) >= 11 is 6.01. The largest absolute Gasteiger partial charge is 0.481 e. The maximum absolute atomic E-state index is 12.3. The molecule has 8 heteroatoms. The summed E-state index contributed by atoms with van der Waals surface area (Å²) in [6, 6.07) is 15.1. The second-order valence-corrected chi connectivity index (χ2v) is 10.2. The smallest absolute Gasteiger partial charge is 0.407 e. The van der Waals surface area contributed by atoms with Crippen LogP contribution in [-0.2, 0) is 22.4 Å². The number of para-hydroxylation sites is 1. The second-order valence-electron chi connectivity index (χ2n) is 9.77. The Labute approximate surface area is 211 Å². The van der Waals surface area contributed by atoms with Gasteiger partial charge >= 0.3 is 12.1 Å². The molecule has 35 heavy (non-hydrogen) atoms. The normalized spacial score (nSPS) is 13.4. The fraction of sp³-hybridized carbons (Fsp3) is 0.407. The van der Waals surface area contributed by atoms with E-state index in [1.54, 1.807) is 0 Å². The minimum Gasteiger partial charge on any atom is -0.481 e. The lowest BCUT2D eigenvalue weighted by Gasteiger charge is -2.26. The van der Waals surface area contributed by atoms with Crippen molar-refractivity contribution < 1.29 is 19.4 Å². The van der Waals surface area contributed by atoms with Crippen molar-refractivity contribution in [1.82, 2.24) is 15.6 Å². The van der Waals surface area contributed by atoms with Crippen LogP contribution in [0.15, 0.2) is 54.7 Å². The van der Waals surface area contributed by atoms with Gasteiger partial charge in [-0.25, -0.2) is 4.79 Å². The Kier molecular flexibility index (Phi) is 9.18. The number of H-pyrrole nitrogens is 1. The van der Waals surface area contributed by atoms with Gasteiger partial charge in [-0.2, -0.15) is 0 Å². The third-order valence-electron chi connectivity index (χ3n) is 5.62. The van der Waals surface area contributed by atoms with Crippen molar-refractivity contribution >= 4 is 34.6 Å². The Hall–Kier alpha value is -3.03. The summed E-state index contributed by atoms with van der Waals surface area (Å²) in [7, 11) is 0. The van der Waals surface area contributed by atoms with Crippen molar-refractivity contribution in [3.05, 3.63) is 70.9 Å². The molecule has 2 atom stereocenters. The molecule has 0 aliphatic heterocycles. The fourth-order valence-electron chi connectivity index (χ4n) is 4.06. The van der Waals surface area contributed by atoms with E-state index in [-0.39, 0.29) is 18.5 Å². The molecule has 188 valence electrons. The lowest BCUT2D eigenvalue weighted by molar-refractivity contribution is -0.137. The van der Waals surface area contributed by atoms with Crippen molar-refractivity contribution in [2.45, 2.75) is 64.1 Å². The molecule has 1 heterocycles. The SMILES string of the molecule is CC(C)(C)OC(=O)NCC(CCc1ccc(Cl)cc1)N[C@@H](CC(=O)O)Cc1c[nH]c2ccccc12. The van der Waals surface area contributed by atoms with Crippen LogP contribution in [0.5, 0.6) is 0 Å². The first-order valence-corrected chi connectivity index (χ1v) is 12.2. The number of carboxylic acid groups (broad SMARTS) is 1. The molecule has 1 aromatic heterocycles. The van der Waals surface area contributed by atoms with Crippen LogP contribution in [-0.4, -0.2) is 46.4 Å². The van der Waals surface area contributed by atoms with Crippen LogP contribution in [0.25, 0.3) is 10.9 Å². The molecule has 0 saturated heterocycles. The van der Waals surface area contributed by atoms with Crippen LogP contribution in [0, 0.1) is 0 Å². The maximum Gasteiger partial charge on any atom is 0.407 e. The average Bonchev–Trinajstić information content (AvgIpc) is 3.18. The number of rotatable bonds is 11. The van der Waals surface area contributed by atoms with Crippen LogP contribution in [0.1, 0.15) is 44.7 Å². The molecule has 0 radical (unpaired) electrons. The summed E-state index contributed by atoms with van der Waals surface area (Å²) in [6.07, 6.45) is 3.38. The standard InChI is InChI=1S/C27H34ClN3O4/c1-27(2,3)35-26(34)30-17-21(13-10-18-8-11-20(28)12-9-18)31-22(15-25(32)33)14-19-16-29-24-7-5-4-6-23(19)24/h4-9,11-12,16,21-22,29,31H,10,13-15,17H2,1-3H3,(H,30,34)(H,32,33)/t21?,22-/m1/s1. The van der Waals surface area contributed by atoms with Gasteiger partial charge in [-0.15, -0.1) is 0 Å². The molecule has 1 unspecified atom stereocenters. The van der Waals surface area contributed by atoms with E-state index in [9.17, 15) is 14.7 Å². The summed E-state index contributed by atoms with van der Waals surface area (Å²) in [5.41, 5.74) is 2.58. The fourth-order valence-corrected chi connectivity index (χ4v) is 4.18. The number of aliphatic carboxylic acids is 1. The van der Waals surface area contributed by atoms with E-state index in [1.165, 1.54) is 0 Å². The molecule has 0 aliphatic rings. The molecule has 0 aliphatic carbocycles. The summed E-state index contributed by atoms with van der Waals surface area (Å²) < 4.78 is 5.38. The summed E-state index contributed by atoms with van der Waals surface area (Å²) in [6.45, 7) is 5.75.